The minimum absolute atomic E-state index is 0.144. The molecule has 108 valence electrons. The quantitative estimate of drug-likeness (QED) is 0.377. The molecule has 0 bridgehead atoms. The summed E-state index contributed by atoms with van der Waals surface area (Å²) < 4.78 is 23.1. The van der Waals surface area contributed by atoms with E-state index in [1.54, 1.807) is 0 Å². The molecule has 0 unspecified atom stereocenters. The molecule has 0 heterocycles. The van der Waals surface area contributed by atoms with E-state index >= 15 is 0 Å². The molecule has 0 spiro atoms. The van der Waals surface area contributed by atoms with E-state index in [0.29, 0.717) is 13.2 Å². The van der Waals surface area contributed by atoms with Crippen molar-refractivity contribution in [3.05, 3.63) is 0 Å². The van der Waals surface area contributed by atoms with Crippen LogP contribution in [0.15, 0.2) is 0 Å². The van der Waals surface area contributed by atoms with Gasteiger partial charge in [0.05, 0.1) is 24.4 Å². The second kappa shape index (κ2) is 7.66. The lowest BCUT2D eigenvalue weighted by Crippen LogP contribution is -2.39. The van der Waals surface area contributed by atoms with Gasteiger partial charge in [-0.1, -0.05) is 0 Å². The molecule has 3 N–H and O–H groups in total. The highest BCUT2D eigenvalue weighted by atomic mass is 19.1. The zero-order valence-electron chi connectivity index (χ0n) is 11.7. The fraction of sp³-hybridized carbons (Fsp3) is 0.917. The van der Waals surface area contributed by atoms with Crippen molar-refractivity contribution < 1.29 is 18.7 Å². The van der Waals surface area contributed by atoms with Gasteiger partial charge in [-0.25, -0.2) is 4.79 Å². The lowest BCUT2D eigenvalue weighted by atomic mass is 10.0. The number of carbonyl (C=O) groups excluding carboxylic acids is 1. The normalized spacial score (nSPS) is 12.6. The first-order valence-electron chi connectivity index (χ1n) is 6.10. The number of nitrogens with one attached hydrogen (secondary N) is 1. The molecule has 6 heteroatoms. The van der Waals surface area contributed by atoms with Crippen molar-refractivity contribution in [2.45, 2.75) is 45.3 Å². The van der Waals surface area contributed by atoms with E-state index in [-0.39, 0.29) is 18.8 Å². The molecule has 0 aliphatic rings. The zero-order chi connectivity index (χ0) is 14.2. The van der Waals surface area contributed by atoms with Gasteiger partial charge < -0.3 is 20.5 Å². The van der Waals surface area contributed by atoms with E-state index in [9.17, 15) is 9.18 Å². The fourth-order valence-electron chi connectivity index (χ4n) is 1.31. The van der Waals surface area contributed by atoms with Gasteiger partial charge in [0.15, 0.2) is 0 Å². The minimum atomic E-state index is -1.54. The number of halogens is 1. The van der Waals surface area contributed by atoms with Crippen LogP contribution in [-0.4, -0.2) is 43.7 Å². The Morgan fingerprint density at radius 1 is 1.22 bits per heavy atom. The lowest BCUT2D eigenvalue weighted by molar-refractivity contribution is -0.120. The molecule has 0 aliphatic heterocycles. The van der Waals surface area contributed by atoms with E-state index < -0.39 is 11.8 Å². The molecule has 0 aliphatic carbocycles. The number of carbonyl (C=O) groups is 1. The van der Waals surface area contributed by atoms with Gasteiger partial charge in [0.1, 0.15) is 0 Å². The molecule has 0 aromatic rings. The van der Waals surface area contributed by atoms with E-state index in [2.05, 4.69) is 0 Å². The van der Waals surface area contributed by atoms with E-state index in [4.69, 9.17) is 15.2 Å². The summed E-state index contributed by atoms with van der Waals surface area (Å²) in [6.07, 6.45) is -0.780. The minimum Gasteiger partial charge on any atom is -0.373 e. The standard InChI is InChI=1S/C12H25FN2O3/c1-11(2,5-6-14)18-9-12(3,4)17-8-7-15-10(13)16/h5-9,14H2,1-4H3,(H,15,16). The van der Waals surface area contributed by atoms with Crippen LogP contribution in [0.3, 0.4) is 0 Å². The molecule has 0 aromatic carbocycles. The fourth-order valence-corrected chi connectivity index (χ4v) is 1.31. The van der Waals surface area contributed by atoms with Gasteiger partial charge in [0.25, 0.3) is 0 Å². The molecule has 1 amide bonds. The first kappa shape index (κ1) is 17.3. The molecule has 5 nitrogen and oxygen atoms in total. The van der Waals surface area contributed by atoms with Crippen molar-refractivity contribution >= 4 is 6.16 Å². The molecule has 0 rings (SSSR count). The maximum atomic E-state index is 11.9. The molecule has 0 saturated heterocycles. The van der Waals surface area contributed by atoms with Gasteiger partial charge in [-0.3, -0.25) is 0 Å². The predicted octanol–water partition coefficient (Wildman–Crippen LogP) is 1.60. The van der Waals surface area contributed by atoms with Crippen LogP contribution >= 0.6 is 0 Å². The van der Waals surface area contributed by atoms with Crippen LogP contribution in [0.1, 0.15) is 34.1 Å². The van der Waals surface area contributed by atoms with Crippen molar-refractivity contribution in [2.75, 3.05) is 26.3 Å². The number of hydrogen-bond donors (Lipinski definition) is 2. The summed E-state index contributed by atoms with van der Waals surface area (Å²) in [7, 11) is 0. The smallest absolute Gasteiger partial charge is 0.373 e. The molecule has 0 radical (unpaired) electrons. The summed E-state index contributed by atoms with van der Waals surface area (Å²) in [5.74, 6) is 0. The molecule has 0 atom stereocenters. The molecular formula is C12H25FN2O3. The maximum absolute atomic E-state index is 11.9. The van der Waals surface area contributed by atoms with Crippen LogP contribution in [0.25, 0.3) is 0 Å². The van der Waals surface area contributed by atoms with E-state index in [1.807, 2.05) is 33.0 Å². The SMILES string of the molecule is CC(C)(CCN)OCC(C)(C)OCCNC(=O)F. The lowest BCUT2D eigenvalue weighted by Gasteiger charge is -2.31. The Kier molecular flexibility index (Phi) is 7.35. The van der Waals surface area contributed by atoms with Crippen molar-refractivity contribution in [2.24, 2.45) is 5.73 Å². The van der Waals surface area contributed by atoms with E-state index in [0.717, 1.165) is 6.42 Å². The summed E-state index contributed by atoms with van der Waals surface area (Å²) >= 11 is 0. The topological polar surface area (TPSA) is 73.6 Å². The van der Waals surface area contributed by atoms with Crippen molar-refractivity contribution in [3.63, 3.8) is 0 Å². The number of amides is 1. The maximum Gasteiger partial charge on any atom is 0.397 e. The first-order valence-corrected chi connectivity index (χ1v) is 6.10. The third-order valence-electron chi connectivity index (χ3n) is 2.42. The molecule has 0 saturated carbocycles. The second-order valence-electron chi connectivity index (χ2n) is 5.40. The highest BCUT2D eigenvalue weighted by Crippen LogP contribution is 2.18. The third-order valence-corrected chi connectivity index (χ3v) is 2.42. The van der Waals surface area contributed by atoms with Crippen molar-refractivity contribution in [3.8, 4) is 0 Å². The van der Waals surface area contributed by atoms with Crippen LogP contribution in [0, 0.1) is 0 Å². The largest absolute Gasteiger partial charge is 0.397 e. The van der Waals surface area contributed by atoms with Crippen LogP contribution in [0.4, 0.5) is 9.18 Å². The van der Waals surface area contributed by atoms with Crippen LogP contribution in [0.2, 0.25) is 0 Å². The zero-order valence-corrected chi connectivity index (χ0v) is 11.7. The average molecular weight is 264 g/mol. The van der Waals surface area contributed by atoms with Gasteiger partial charge in [0, 0.05) is 6.54 Å². The molecule has 0 aromatic heterocycles. The number of ether oxygens (including phenoxy) is 2. The Balaban J connectivity index is 3.89. The van der Waals surface area contributed by atoms with Crippen LogP contribution < -0.4 is 11.1 Å². The van der Waals surface area contributed by atoms with Gasteiger partial charge >= 0.3 is 6.16 Å². The molecule has 18 heavy (non-hydrogen) atoms. The Hall–Kier alpha value is -0.720. The summed E-state index contributed by atoms with van der Waals surface area (Å²) in [6, 6.07) is 0. The molecular weight excluding hydrogens is 239 g/mol. The Morgan fingerprint density at radius 2 is 1.83 bits per heavy atom. The summed E-state index contributed by atoms with van der Waals surface area (Å²) in [6.45, 7) is 9.05. The summed E-state index contributed by atoms with van der Waals surface area (Å²) in [5.41, 5.74) is 4.71. The Morgan fingerprint density at radius 3 is 2.33 bits per heavy atom. The van der Waals surface area contributed by atoms with Gasteiger partial charge in [0.2, 0.25) is 0 Å². The monoisotopic (exact) mass is 264 g/mol. The van der Waals surface area contributed by atoms with Crippen LogP contribution in [0.5, 0.6) is 0 Å². The second-order valence-corrected chi connectivity index (χ2v) is 5.40. The summed E-state index contributed by atoms with van der Waals surface area (Å²) in [4.78, 5) is 10.0. The highest BCUT2D eigenvalue weighted by molar-refractivity contribution is 5.65. The van der Waals surface area contributed by atoms with Gasteiger partial charge in [-0.15, -0.1) is 4.39 Å². The number of rotatable bonds is 9. The third kappa shape index (κ3) is 9.32. The van der Waals surface area contributed by atoms with Crippen molar-refractivity contribution in [1.82, 2.24) is 5.32 Å². The van der Waals surface area contributed by atoms with Gasteiger partial charge in [-0.2, -0.15) is 0 Å². The predicted molar refractivity (Wildman–Crippen MR) is 68.2 cm³/mol. The Labute approximate surface area is 108 Å². The first-order chi connectivity index (χ1) is 8.18. The highest BCUT2D eigenvalue weighted by Gasteiger charge is 2.24. The van der Waals surface area contributed by atoms with E-state index in [1.165, 1.54) is 0 Å². The van der Waals surface area contributed by atoms with Crippen LogP contribution in [-0.2, 0) is 9.47 Å². The summed E-state index contributed by atoms with van der Waals surface area (Å²) in [5, 5.41) is 2.02. The van der Waals surface area contributed by atoms with Crippen molar-refractivity contribution in [1.29, 1.82) is 0 Å². The number of hydrogen-bond acceptors (Lipinski definition) is 4. The molecule has 0 fully saturated rings. The number of nitrogens with two attached hydrogens (primary N) is 1. The van der Waals surface area contributed by atoms with Gasteiger partial charge in [-0.05, 0) is 40.7 Å². The Bertz CT molecular complexity index is 258. The average Bonchev–Trinajstić information content (AvgIpc) is 2.22.